The van der Waals surface area contributed by atoms with E-state index in [0.29, 0.717) is 6.04 Å². The van der Waals surface area contributed by atoms with E-state index in [1.54, 1.807) is 0 Å². The molecule has 1 saturated heterocycles. The summed E-state index contributed by atoms with van der Waals surface area (Å²) in [5, 5.41) is 3.06. The molecule has 0 spiro atoms. The predicted octanol–water partition coefficient (Wildman–Crippen LogP) is 1.89. The zero-order valence-corrected chi connectivity index (χ0v) is 12.0. The lowest BCUT2D eigenvalue weighted by atomic mass is 10.1. The lowest BCUT2D eigenvalue weighted by Crippen LogP contribution is -2.52. The first-order chi connectivity index (χ1) is 9.15. The van der Waals surface area contributed by atoms with Gasteiger partial charge >= 0.3 is 0 Å². The van der Waals surface area contributed by atoms with Crippen molar-refractivity contribution in [1.29, 1.82) is 0 Å². The molecule has 0 radical (unpaired) electrons. The fourth-order valence-electron chi connectivity index (χ4n) is 2.53. The maximum atomic E-state index is 12.5. The molecule has 19 heavy (non-hydrogen) atoms. The van der Waals surface area contributed by atoms with Crippen LogP contribution in [0.2, 0.25) is 0 Å². The molecule has 1 fully saturated rings. The number of carbonyl (C=O) groups excluding carboxylic acids is 1. The molecule has 0 aliphatic carbocycles. The van der Waals surface area contributed by atoms with Crippen molar-refractivity contribution in [3.63, 3.8) is 0 Å². The molecule has 1 aliphatic rings. The lowest BCUT2D eigenvalue weighted by Gasteiger charge is -2.39. The van der Waals surface area contributed by atoms with Gasteiger partial charge in [0.05, 0.1) is 0 Å². The van der Waals surface area contributed by atoms with Crippen molar-refractivity contribution in [1.82, 2.24) is 9.80 Å². The molecule has 1 aromatic rings. The number of anilines is 1. The minimum absolute atomic E-state index is 0.147. The van der Waals surface area contributed by atoms with Crippen LogP contribution in [0.15, 0.2) is 24.3 Å². The van der Waals surface area contributed by atoms with Crippen LogP contribution < -0.4 is 5.32 Å². The molecule has 1 aromatic carbocycles. The maximum Gasteiger partial charge on any atom is 0.253 e. The van der Waals surface area contributed by atoms with Crippen LogP contribution in [0.25, 0.3) is 0 Å². The van der Waals surface area contributed by atoms with Crippen LogP contribution in [-0.2, 0) is 0 Å². The minimum atomic E-state index is 0.147. The number of benzene rings is 1. The van der Waals surface area contributed by atoms with Gasteiger partial charge in [-0.05, 0) is 37.7 Å². The van der Waals surface area contributed by atoms with Gasteiger partial charge in [0.1, 0.15) is 0 Å². The summed E-state index contributed by atoms with van der Waals surface area (Å²) in [6.45, 7) is 4.79. The van der Waals surface area contributed by atoms with Crippen LogP contribution in [0.4, 0.5) is 5.69 Å². The van der Waals surface area contributed by atoms with Crippen LogP contribution in [0, 0.1) is 0 Å². The second-order valence-corrected chi connectivity index (χ2v) is 5.12. The topological polar surface area (TPSA) is 35.6 Å². The smallest absolute Gasteiger partial charge is 0.253 e. The third-order valence-corrected chi connectivity index (χ3v) is 3.96. The second kappa shape index (κ2) is 6.06. The summed E-state index contributed by atoms with van der Waals surface area (Å²) in [5.41, 5.74) is 1.81. The average Bonchev–Trinajstić information content (AvgIpc) is 2.47. The van der Waals surface area contributed by atoms with Gasteiger partial charge in [-0.25, -0.2) is 0 Å². The zero-order chi connectivity index (χ0) is 13.8. The zero-order valence-electron chi connectivity index (χ0n) is 12.0. The summed E-state index contributed by atoms with van der Waals surface area (Å²) < 4.78 is 0. The van der Waals surface area contributed by atoms with Crippen molar-refractivity contribution in [3.8, 4) is 0 Å². The van der Waals surface area contributed by atoms with Gasteiger partial charge in [-0.15, -0.1) is 0 Å². The molecule has 0 bridgehead atoms. The Morgan fingerprint density at radius 1 is 1.32 bits per heavy atom. The van der Waals surface area contributed by atoms with E-state index < -0.39 is 0 Å². The highest BCUT2D eigenvalue weighted by Gasteiger charge is 2.26. The van der Waals surface area contributed by atoms with Gasteiger partial charge in [0.25, 0.3) is 5.91 Å². The Labute approximate surface area is 115 Å². The molecule has 1 unspecified atom stereocenters. The van der Waals surface area contributed by atoms with Gasteiger partial charge in [0, 0.05) is 44.0 Å². The summed E-state index contributed by atoms with van der Waals surface area (Å²) in [5.74, 6) is 0.147. The molecule has 1 N–H and O–H groups in total. The third-order valence-electron chi connectivity index (χ3n) is 3.96. The number of likely N-dealkylation sites (N-methyl/N-ethyl adjacent to an activating group) is 1. The number of nitrogens with zero attached hydrogens (tertiary/aromatic N) is 2. The lowest BCUT2D eigenvalue weighted by molar-refractivity contribution is 0.0542. The first kappa shape index (κ1) is 13.9. The Morgan fingerprint density at radius 2 is 2.00 bits per heavy atom. The van der Waals surface area contributed by atoms with Gasteiger partial charge < -0.3 is 10.2 Å². The van der Waals surface area contributed by atoms with E-state index in [1.807, 2.05) is 36.2 Å². The van der Waals surface area contributed by atoms with Crippen molar-refractivity contribution in [2.24, 2.45) is 0 Å². The molecule has 0 aromatic heterocycles. The van der Waals surface area contributed by atoms with Crippen molar-refractivity contribution in [2.45, 2.75) is 19.4 Å². The SMILES string of the molecule is CCC1CN(C(=O)c2ccc(NC)cc2)CCN1C. The first-order valence-electron chi connectivity index (χ1n) is 6.93. The fraction of sp³-hybridized carbons (Fsp3) is 0.533. The number of carbonyl (C=O) groups is 1. The van der Waals surface area contributed by atoms with Crippen LogP contribution in [0.5, 0.6) is 0 Å². The summed E-state index contributed by atoms with van der Waals surface area (Å²) >= 11 is 0. The molecule has 1 atom stereocenters. The number of piperazine rings is 1. The summed E-state index contributed by atoms with van der Waals surface area (Å²) in [6, 6.07) is 8.16. The highest BCUT2D eigenvalue weighted by molar-refractivity contribution is 5.94. The Balaban J connectivity index is 2.06. The van der Waals surface area contributed by atoms with E-state index in [0.717, 1.165) is 37.3 Å². The van der Waals surface area contributed by atoms with E-state index in [1.165, 1.54) is 0 Å². The maximum absolute atomic E-state index is 12.5. The summed E-state index contributed by atoms with van der Waals surface area (Å²) in [7, 11) is 4.01. The van der Waals surface area contributed by atoms with Crippen LogP contribution in [0.1, 0.15) is 23.7 Å². The molecular weight excluding hydrogens is 238 g/mol. The largest absolute Gasteiger partial charge is 0.388 e. The van der Waals surface area contributed by atoms with E-state index in [-0.39, 0.29) is 5.91 Å². The highest BCUT2D eigenvalue weighted by Crippen LogP contribution is 2.15. The Bertz CT molecular complexity index is 430. The predicted molar refractivity (Wildman–Crippen MR) is 78.6 cm³/mol. The quantitative estimate of drug-likeness (QED) is 0.902. The second-order valence-electron chi connectivity index (χ2n) is 5.12. The molecule has 0 saturated carbocycles. The molecule has 4 heteroatoms. The van der Waals surface area contributed by atoms with Crippen LogP contribution >= 0.6 is 0 Å². The Morgan fingerprint density at radius 3 is 2.58 bits per heavy atom. The van der Waals surface area contributed by atoms with E-state index >= 15 is 0 Å². The molecule has 4 nitrogen and oxygen atoms in total. The van der Waals surface area contributed by atoms with Crippen molar-refractivity contribution < 1.29 is 4.79 Å². The minimum Gasteiger partial charge on any atom is -0.388 e. The van der Waals surface area contributed by atoms with Crippen molar-refractivity contribution >= 4 is 11.6 Å². The van der Waals surface area contributed by atoms with E-state index in [4.69, 9.17) is 0 Å². The van der Waals surface area contributed by atoms with Crippen LogP contribution in [-0.4, -0.2) is 55.5 Å². The van der Waals surface area contributed by atoms with E-state index in [2.05, 4.69) is 24.2 Å². The molecule has 1 heterocycles. The fourth-order valence-corrected chi connectivity index (χ4v) is 2.53. The molecule has 104 valence electrons. The Hall–Kier alpha value is -1.55. The first-order valence-corrected chi connectivity index (χ1v) is 6.93. The van der Waals surface area contributed by atoms with Crippen molar-refractivity contribution in [2.75, 3.05) is 39.0 Å². The Kier molecular flexibility index (Phi) is 4.43. The van der Waals surface area contributed by atoms with Crippen molar-refractivity contribution in [3.05, 3.63) is 29.8 Å². The monoisotopic (exact) mass is 261 g/mol. The number of hydrogen-bond donors (Lipinski definition) is 1. The number of nitrogens with one attached hydrogen (secondary N) is 1. The molecular formula is C15H23N3O. The normalized spacial score (nSPS) is 20.4. The molecule has 1 aliphatic heterocycles. The van der Waals surface area contributed by atoms with Crippen LogP contribution in [0.3, 0.4) is 0 Å². The number of amides is 1. The van der Waals surface area contributed by atoms with Gasteiger partial charge in [-0.2, -0.15) is 0 Å². The molecule has 1 amide bonds. The van der Waals surface area contributed by atoms with Gasteiger partial charge in [0.15, 0.2) is 0 Å². The molecule has 2 rings (SSSR count). The number of hydrogen-bond acceptors (Lipinski definition) is 3. The van der Waals surface area contributed by atoms with Gasteiger partial charge in [-0.1, -0.05) is 6.92 Å². The van der Waals surface area contributed by atoms with E-state index in [9.17, 15) is 4.79 Å². The average molecular weight is 261 g/mol. The van der Waals surface area contributed by atoms with Gasteiger partial charge in [-0.3, -0.25) is 9.69 Å². The third kappa shape index (κ3) is 3.07. The highest BCUT2D eigenvalue weighted by atomic mass is 16.2. The number of rotatable bonds is 3. The summed E-state index contributed by atoms with van der Waals surface area (Å²) in [4.78, 5) is 16.8. The van der Waals surface area contributed by atoms with Gasteiger partial charge in [0.2, 0.25) is 0 Å². The standard InChI is InChI=1S/C15H23N3O/c1-4-14-11-18(10-9-17(14)3)15(19)12-5-7-13(16-2)8-6-12/h5-8,14,16H,4,9-11H2,1-3H3. The summed E-state index contributed by atoms with van der Waals surface area (Å²) in [6.07, 6.45) is 1.08.